The Kier molecular flexibility index (Phi) is 6.96. The number of carbonyl (C=O) groups excluding carboxylic acids is 4. The molecule has 0 aromatic rings. The summed E-state index contributed by atoms with van der Waals surface area (Å²) in [5, 5.41) is 23.5. The van der Waals surface area contributed by atoms with Crippen molar-refractivity contribution in [3.05, 3.63) is 11.6 Å². The van der Waals surface area contributed by atoms with Crippen LogP contribution in [0.5, 0.6) is 0 Å². The van der Waals surface area contributed by atoms with Gasteiger partial charge < -0.3 is 33.9 Å². The standard InChI is InChI=1S/C26H36O11/c1-12-9-20-26(32,13(2)23(31)37-20)22(36-16(5)29)21-24(6,19(10-17(12)30)35-15(4)28)18(34-14(3)27)7-8-25(21)11-33-25/h9,13,17-22,30,32H,7-8,10-11H2,1-6H3/b12-9-/t13-,17+,18-,19+,20-,21+,22+,24+,25-,26-/m0/s1. The first-order valence-electron chi connectivity index (χ1n) is 12.6. The molecule has 10 atom stereocenters. The van der Waals surface area contributed by atoms with E-state index in [1.165, 1.54) is 33.8 Å². The Morgan fingerprint density at radius 1 is 1.05 bits per heavy atom. The van der Waals surface area contributed by atoms with Gasteiger partial charge in [-0.3, -0.25) is 19.2 Å². The Hall–Kier alpha value is -2.50. The molecule has 4 rings (SSSR count). The van der Waals surface area contributed by atoms with E-state index in [9.17, 15) is 29.4 Å². The van der Waals surface area contributed by atoms with Crippen LogP contribution in [-0.2, 0) is 42.9 Å². The molecule has 4 aliphatic rings. The number of aliphatic hydroxyl groups excluding tert-OH is 1. The summed E-state index contributed by atoms with van der Waals surface area (Å²) in [6.45, 7) is 8.76. The molecular formula is C26H36O11. The van der Waals surface area contributed by atoms with Crippen LogP contribution in [0.15, 0.2) is 11.6 Å². The fourth-order valence-corrected chi connectivity index (χ4v) is 6.73. The summed E-state index contributed by atoms with van der Waals surface area (Å²) >= 11 is 0. The molecule has 0 bridgehead atoms. The number of hydrogen-bond donors (Lipinski definition) is 2. The van der Waals surface area contributed by atoms with Crippen molar-refractivity contribution in [1.82, 2.24) is 0 Å². The van der Waals surface area contributed by atoms with Crippen molar-refractivity contribution in [1.29, 1.82) is 0 Å². The minimum absolute atomic E-state index is 0.0792. The molecule has 2 aliphatic carbocycles. The maximum Gasteiger partial charge on any atom is 0.312 e. The maximum atomic E-state index is 12.8. The Morgan fingerprint density at radius 3 is 2.16 bits per heavy atom. The Balaban J connectivity index is 2.03. The van der Waals surface area contributed by atoms with E-state index in [-0.39, 0.29) is 13.0 Å². The lowest BCUT2D eigenvalue weighted by atomic mass is 9.52. The summed E-state index contributed by atoms with van der Waals surface area (Å²) in [5.41, 5.74) is -3.93. The van der Waals surface area contributed by atoms with Gasteiger partial charge in [0.2, 0.25) is 0 Å². The normalized spacial score (nSPS) is 46.4. The van der Waals surface area contributed by atoms with Gasteiger partial charge >= 0.3 is 23.9 Å². The van der Waals surface area contributed by atoms with Gasteiger partial charge in [-0.2, -0.15) is 0 Å². The van der Waals surface area contributed by atoms with Crippen LogP contribution in [0.25, 0.3) is 0 Å². The molecule has 2 N–H and O–H groups in total. The summed E-state index contributed by atoms with van der Waals surface area (Å²) in [7, 11) is 0. The monoisotopic (exact) mass is 524 g/mol. The van der Waals surface area contributed by atoms with E-state index in [1.807, 2.05) is 0 Å². The first kappa shape index (κ1) is 27.5. The Bertz CT molecular complexity index is 1020. The van der Waals surface area contributed by atoms with Crippen LogP contribution in [0.4, 0.5) is 0 Å². The molecule has 2 aliphatic heterocycles. The number of rotatable bonds is 3. The number of epoxide rings is 1. The Labute approximate surface area is 215 Å². The van der Waals surface area contributed by atoms with Gasteiger partial charge in [0, 0.05) is 33.1 Å². The molecule has 0 radical (unpaired) electrons. The summed E-state index contributed by atoms with van der Waals surface area (Å²) in [5.74, 6) is -4.63. The van der Waals surface area contributed by atoms with Crippen LogP contribution in [0, 0.1) is 17.3 Å². The molecule has 3 fully saturated rings. The molecule has 11 heteroatoms. The highest BCUT2D eigenvalue weighted by molar-refractivity contribution is 5.77. The zero-order chi connectivity index (χ0) is 27.5. The quantitative estimate of drug-likeness (QED) is 0.234. The third-order valence-electron chi connectivity index (χ3n) is 8.76. The van der Waals surface area contributed by atoms with E-state index in [2.05, 4.69) is 0 Å². The minimum atomic E-state index is -2.06. The first-order valence-corrected chi connectivity index (χ1v) is 12.6. The summed E-state index contributed by atoms with van der Waals surface area (Å²) < 4.78 is 29.0. The highest BCUT2D eigenvalue weighted by Gasteiger charge is 2.75. The van der Waals surface area contributed by atoms with Crippen molar-refractivity contribution in [3.63, 3.8) is 0 Å². The molecule has 0 aromatic heterocycles. The van der Waals surface area contributed by atoms with Gasteiger partial charge in [-0.05, 0) is 38.3 Å². The number of fused-ring (bicyclic) bond motifs is 3. The van der Waals surface area contributed by atoms with Gasteiger partial charge in [0.1, 0.15) is 18.3 Å². The van der Waals surface area contributed by atoms with Crippen molar-refractivity contribution >= 4 is 23.9 Å². The second-order valence-corrected chi connectivity index (χ2v) is 11.1. The lowest BCUT2D eigenvalue weighted by Gasteiger charge is -2.57. The topological polar surface area (TPSA) is 158 Å². The third kappa shape index (κ3) is 4.44. The van der Waals surface area contributed by atoms with E-state index in [0.717, 1.165) is 0 Å². The highest BCUT2D eigenvalue weighted by Crippen LogP contribution is 2.62. The fourth-order valence-electron chi connectivity index (χ4n) is 6.73. The zero-order valence-electron chi connectivity index (χ0n) is 22.0. The average Bonchev–Trinajstić information content (AvgIpc) is 3.52. The second kappa shape index (κ2) is 9.36. The predicted octanol–water partition coefficient (Wildman–Crippen LogP) is 0.970. The zero-order valence-corrected chi connectivity index (χ0v) is 22.0. The molecular weight excluding hydrogens is 488 g/mol. The van der Waals surface area contributed by atoms with Crippen molar-refractivity contribution in [3.8, 4) is 0 Å². The SMILES string of the molecule is CC(=O)O[C@H]1CC[C@]2(CO2)[C@@H]2[C@@H](OC(C)=O)[C@@]3(O)[C@H](/C=C(/C)[C@H](O)C[C@@H](OC(C)=O)[C@@]12C)OC(=O)[C@@H]3C. The van der Waals surface area contributed by atoms with Crippen LogP contribution >= 0.6 is 0 Å². The lowest BCUT2D eigenvalue weighted by molar-refractivity contribution is -0.243. The molecule has 0 aromatic carbocycles. The van der Waals surface area contributed by atoms with E-state index in [1.54, 1.807) is 13.8 Å². The smallest absolute Gasteiger partial charge is 0.312 e. The van der Waals surface area contributed by atoms with Crippen LogP contribution in [0.3, 0.4) is 0 Å². The van der Waals surface area contributed by atoms with E-state index in [0.29, 0.717) is 18.4 Å². The number of hydrogen-bond acceptors (Lipinski definition) is 11. The maximum absolute atomic E-state index is 12.8. The van der Waals surface area contributed by atoms with Gasteiger partial charge in [0.15, 0.2) is 11.7 Å². The van der Waals surface area contributed by atoms with Crippen LogP contribution < -0.4 is 0 Å². The molecule has 0 unspecified atom stereocenters. The van der Waals surface area contributed by atoms with Crippen LogP contribution in [-0.4, -0.2) is 82.4 Å². The van der Waals surface area contributed by atoms with Gasteiger partial charge in [0.25, 0.3) is 0 Å². The van der Waals surface area contributed by atoms with Crippen molar-refractivity contribution < 1.29 is 53.1 Å². The first-order chi connectivity index (χ1) is 17.2. The number of carbonyl (C=O) groups is 4. The molecule has 11 nitrogen and oxygen atoms in total. The van der Waals surface area contributed by atoms with E-state index in [4.69, 9.17) is 23.7 Å². The molecule has 1 saturated carbocycles. The van der Waals surface area contributed by atoms with Crippen LogP contribution in [0.1, 0.15) is 60.8 Å². The Morgan fingerprint density at radius 2 is 1.62 bits per heavy atom. The van der Waals surface area contributed by atoms with Crippen molar-refractivity contribution in [2.45, 2.75) is 103 Å². The number of esters is 4. The fraction of sp³-hybridized carbons (Fsp3) is 0.769. The minimum Gasteiger partial charge on any atom is -0.462 e. The number of aliphatic hydroxyl groups is 2. The molecule has 206 valence electrons. The molecule has 1 spiro atoms. The molecule has 0 amide bonds. The largest absolute Gasteiger partial charge is 0.462 e. The third-order valence-corrected chi connectivity index (χ3v) is 8.76. The highest BCUT2D eigenvalue weighted by atomic mass is 16.6. The van der Waals surface area contributed by atoms with Crippen molar-refractivity contribution in [2.24, 2.45) is 17.3 Å². The molecule has 2 heterocycles. The van der Waals surface area contributed by atoms with Gasteiger partial charge in [-0.25, -0.2) is 0 Å². The molecule has 2 saturated heterocycles. The average molecular weight is 525 g/mol. The van der Waals surface area contributed by atoms with Crippen molar-refractivity contribution in [2.75, 3.05) is 6.61 Å². The number of ether oxygens (including phenoxy) is 5. The van der Waals surface area contributed by atoms with Gasteiger partial charge in [0.05, 0.1) is 29.6 Å². The van der Waals surface area contributed by atoms with E-state index >= 15 is 0 Å². The summed E-state index contributed by atoms with van der Waals surface area (Å²) in [6.07, 6.45) is -3.54. The lowest BCUT2D eigenvalue weighted by Crippen LogP contribution is -2.69. The van der Waals surface area contributed by atoms with Crippen LogP contribution in [0.2, 0.25) is 0 Å². The molecule has 37 heavy (non-hydrogen) atoms. The summed E-state index contributed by atoms with van der Waals surface area (Å²) in [6, 6.07) is 0. The van der Waals surface area contributed by atoms with Gasteiger partial charge in [-0.1, -0.05) is 6.92 Å². The second-order valence-electron chi connectivity index (χ2n) is 11.1. The van der Waals surface area contributed by atoms with E-state index < -0.39 is 82.8 Å². The van der Waals surface area contributed by atoms with Gasteiger partial charge in [-0.15, -0.1) is 0 Å². The predicted molar refractivity (Wildman–Crippen MR) is 125 cm³/mol. The summed E-state index contributed by atoms with van der Waals surface area (Å²) in [4.78, 5) is 49.8.